The Hall–Kier alpha value is -2.62. The van der Waals surface area contributed by atoms with Gasteiger partial charge in [0.25, 0.3) is 0 Å². The van der Waals surface area contributed by atoms with Gasteiger partial charge in [-0.1, -0.05) is 52.0 Å². The number of hydrogen-bond acceptors (Lipinski definition) is 4. The quantitative estimate of drug-likeness (QED) is 0.209. The number of rotatable bonds is 12. The van der Waals surface area contributed by atoms with Crippen LogP contribution in [0, 0.1) is 25.7 Å². The molecule has 2 aliphatic rings. The van der Waals surface area contributed by atoms with Crippen LogP contribution in [0.15, 0.2) is 46.6 Å². The number of aryl methyl sites for hydroxylation is 2. The maximum Gasteiger partial charge on any atom is 0.177 e. The van der Waals surface area contributed by atoms with Crippen LogP contribution >= 0.6 is 0 Å². The molecule has 37 heavy (non-hydrogen) atoms. The Morgan fingerprint density at radius 2 is 1.76 bits per heavy atom. The van der Waals surface area contributed by atoms with Gasteiger partial charge >= 0.3 is 0 Å². The van der Waals surface area contributed by atoms with E-state index in [1.165, 1.54) is 16.7 Å². The van der Waals surface area contributed by atoms with Crippen molar-refractivity contribution in [1.82, 2.24) is 0 Å². The molecule has 0 spiro atoms. The van der Waals surface area contributed by atoms with Crippen molar-refractivity contribution < 1.29 is 15.8 Å². The number of benzene rings is 1. The van der Waals surface area contributed by atoms with E-state index in [4.69, 9.17) is 0 Å². The predicted octanol–water partition coefficient (Wildman–Crippen LogP) is 8.98. The van der Waals surface area contributed by atoms with Crippen LogP contribution < -0.4 is 0 Å². The van der Waals surface area contributed by atoms with Gasteiger partial charge in [-0.3, -0.25) is 19.4 Å². The summed E-state index contributed by atoms with van der Waals surface area (Å²) in [6.45, 7) is 8.29. The molecule has 3 rings (SSSR count). The Balaban J connectivity index is 0.00000456. The molecule has 0 aromatic heterocycles. The minimum absolute atomic E-state index is 0. The molecule has 1 aliphatic carbocycles. The Labute approximate surface area is 227 Å². The van der Waals surface area contributed by atoms with E-state index in [1.54, 1.807) is 0 Å². The number of allylic oxidation sites excluding steroid dienone is 3. The molecular weight excluding hydrogens is 458 g/mol. The van der Waals surface area contributed by atoms with Crippen LogP contribution in [0.4, 0.5) is 0 Å². The van der Waals surface area contributed by atoms with Gasteiger partial charge in [-0.25, -0.2) is 0 Å². The lowest BCUT2D eigenvalue weighted by Crippen LogP contribution is -2.23. The minimum Gasteiger partial charge on any atom is -0.300 e. The molecular formula is C33H51NO3. The summed E-state index contributed by atoms with van der Waals surface area (Å²) >= 11 is 0. The first-order valence-electron chi connectivity index (χ1n) is 13.4. The molecule has 2 unspecified atom stereocenters. The standard InChI is InChI=1S/C31H41NO3.2CH4.H2/c1-5-8-25(31(35)26-15-13-21(2)22(3)17-26)10-7-12-28(33)11-6-9-24-14-16-30(34)29-19-27(18-24)23(4)20-32-29;;;/h13,15,17-18,20,25,27H,5-12,14,16,19H2,1-4H3;2*1H4;1H/b24-18-;;;. The van der Waals surface area contributed by atoms with E-state index in [-0.39, 0.29) is 45.5 Å². The van der Waals surface area contributed by atoms with Crippen LogP contribution in [-0.4, -0.2) is 23.1 Å². The van der Waals surface area contributed by atoms with Crippen molar-refractivity contribution in [3.8, 4) is 0 Å². The van der Waals surface area contributed by atoms with E-state index in [0.29, 0.717) is 31.4 Å². The number of fused-ring (bicyclic) bond motifs is 2. The molecule has 2 atom stereocenters. The zero-order chi connectivity index (χ0) is 25.4. The third kappa shape index (κ3) is 9.32. The molecule has 206 valence electrons. The van der Waals surface area contributed by atoms with Crippen molar-refractivity contribution in [1.29, 1.82) is 0 Å². The molecule has 1 aromatic carbocycles. The lowest BCUT2D eigenvalue weighted by Gasteiger charge is -2.23. The molecule has 4 heteroatoms. The molecule has 2 bridgehead atoms. The summed E-state index contributed by atoms with van der Waals surface area (Å²) in [6.07, 6.45) is 12.3. The Bertz CT molecular complexity index is 1050. The summed E-state index contributed by atoms with van der Waals surface area (Å²) < 4.78 is 0. The molecule has 0 fully saturated rings. The average molecular weight is 510 g/mol. The smallest absolute Gasteiger partial charge is 0.177 e. The fourth-order valence-electron chi connectivity index (χ4n) is 5.14. The van der Waals surface area contributed by atoms with Gasteiger partial charge in [0.05, 0.1) is 5.71 Å². The van der Waals surface area contributed by atoms with Gasteiger partial charge < -0.3 is 0 Å². The second kappa shape index (κ2) is 15.6. The first-order chi connectivity index (χ1) is 16.8. The highest BCUT2D eigenvalue weighted by molar-refractivity contribution is 6.40. The number of carbonyl (C=O) groups excluding carboxylic acids is 3. The van der Waals surface area contributed by atoms with Gasteiger partial charge in [-0.15, -0.1) is 0 Å². The number of carbonyl (C=O) groups is 3. The summed E-state index contributed by atoms with van der Waals surface area (Å²) in [7, 11) is 0. The monoisotopic (exact) mass is 509 g/mol. The minimum atomic E-state index is -0.00672. The van der Waals surface area contributed by atoms with Crippen LogP contribution in [0.1, 0.15) is 122 Å². The van der Waals surface area contributed by atoms with Crippen molar-refractivity contribution in [2.45, 2.75) is 113 Å². The highest BCUT2D eigenvalue weighted by Crippen LogP contribution is 2.29. The summed E-state index contributed by atoms with van der Waals surface area (Å²) in [4.78, 5) is 42.3. The first kappa shape index (κ1) is 32.4. The largest absolute Gasteiger partial charge is 0.300 e. The Kier molecular flexibility index (Phi) is 13.7. The van der Waals surface area contributed by atoms with Crippen molar-refractivity contribution in [3.63, 3.8) is 0 Å². The molecule has 0 saturated heterocycles. The summed E-state index contributed by atoms with van der Waals surface area (Å²) in [6, 6.07) is 5.96. The van der Waals surface area contributed by atoms with Crippen LogP contribution in [0.5, 0.6) is 0 Å². The highest BCUT2D eigenvalue weighted by atomic mass is 16.1. The van der Waals surface area contributed by atoms with Crippen molar-refractivity contribution >= 4 is 23.1 Å². The Morgan fingerprint density at radius 1 is 1.03 bits per heavy atom. The summed E-state index contributed by atoms with van der Waals surface area (Å²) in [5.41, 5.74) is 6.35. The molecule has 1 aliphatic heterocycles. The van der Waals surface area contributed by atoms with Crippen LogP contribution in [0.25, 0.3) is 0 Å². The third-order valence-corrected chi connectivity index (χ3v) is 7.62. The SMILES string of the molecule is C.C.CCCC(CCCC(=O)CCC/C1=C/C2CC(=NC=C2C)C(=O)CC1)C(=O)c1ccc(C)c(C)c1.[HH]. The van der Waals surface area contributed by atoms with Crippen molar-refractivity contribution in [2.24, 2.45) is 16.8 Å². The van der Waals surface area contributed by atoms with E-state index in [2.05, 4.69) is 31.8 Å². The number of Topliss-reactive ketones (excluding diaryl/α,β-unsaturated/α-hetero) is 3. The van der Waals surface area contributed by atoms with Gasteiger partial charge in [-0.2, -0.15) is 0 Å². The Morgan fingerprint density at radius 3 is 2.46 bits per heavy atom. The lowest BCUT2D eigenvalue weighted by molar-refractivity contribution is -0.119. The fraction of sp³-hybridized carbons (Fsp3) is 0.576. The number of hydrogen-bond donors (Lipinski definition) is 0. The van der Waals surface area contributed by atoms with Gasteiger partial charge in [0.15, 0.2) is 11.6 Å². The molecule has 0 N–H and O–H groups in total. The molecule has 1 aromatic rings. The molecule has 4 nitrogen and oxygen atoms in total. The normalized spacial score (nSPS) is 19.1. The third-order valence-electron chi connectivity index (χ3n) is 7.62. The number of aliphatic imine (C=N–C) groups is 1. The van der Waals surface area contributed by atoms with Gasteiger partial charge in [0.2, 0.25) is 0 Å². The zero-order valence-corrected chi connectivity index (χ0v) is 22.0. The summed E-state index contributed by atoms with van der Waals surface area (Å²) in [5.74, 6) is 0.922. The van der Waals surface area contributed by atoms with E-state index < -0.39 is 0 Å². The van der Waals surface area contributed by atoms with Gasteiger partial charge in [0, 0.05) is 50.7 Å². The number of ketones is 3. The fourth-order valence-corrected chi connectivity index (χ4v) is 5.14. The molecule has 0 saturated carbocycles. The van der Waals surface area contributed by atoms with E-state index >= 15 is 0 Å². The predicted molar refractivity (Wildman–Crippen MR) is 159 cm³/mol. The van der Waals surface area contributed by atoms with Crippen LogP contribution in [-0.2, 0) is 9.59 Å². The highest BCUT2D eigenvalue weighted by Gasteiger charge is 2.24. The first-order valence-corrected chi connectivity index (χ1v) is 13.4. The van der Waals surface area contributed by atoms with E-state index in [1.807, 2.05) is 31.3 Å². The van der Waals surface area contributed by atoms with Gasteiger partial charge in [0.1, 0.15) is 5.78 Å². The topological polar surface area (TPSA) is 63.6 Å². The van der Waals surface area contributed by atoms with Gasteiger partial charge in [-0.05, 0) is 82.1 Å². The van der Waals surface area contributed by atoms with Crippen molar-refractivity contribution in [2.75, 3.05) is 0 Å². The van der Waals surface area contributed by atoms with E-state index in [0.717, 1.165) is 56.1 Å². The van der Waals surface area contributed by atoms with E-state index in [9.17, 15) is 14.4 Å². The second-order valence-electron chi connectivity index (χ2n) is 10.4. The van der Waals surface area contributed by atoms with Crippen LogP contribution in [0.2, 0.25) is 0 Å². The maximum atomic E-state index is 13.1. The lowest BCUT2D eigenvalue weighted by atomic mass is 9.84. The molecule has 0 radical (unpaired) electrons. The second-order valence-corrected chi connectivity index (χ2v) is 10.4. The van der Waals surface area contributed by atoms with Crippen LogP contribution in [0.3, 0.4) is 0 Å². The maximum absolute atomic E-state index is 13.1. The number of nitrogens with zero attached hydrogens (tertiary/aromatic N) is 1. The summed E-state index contributed by atoms with van der Waals surface area (Å²) in [5, 5.41) is 0. The molecule has 0 amide bonds. The molecule has 1 heterocycles. The average Bonchev–Trinajstić information content (AvgIpc) is 2.83. The zero-order valence-electron chi connectivity index (χ0n) is 22.0. The van der Waals surface area contributed by atoms with Crippen molar-refractivity contribution in [3.05, 3.63) is 58.3 Å².